The number of carbonyl (C=O) groups excluding carboxylic acids is 3. The molecule has 140 valence electrons. The lowest BCUT2D eigenvalue weighted by atomic mass is 9.95. The molecule has 0 amide bonds. The van der Waals surface area contributed by atoms with Gasteiger partial charge in [0.2, 0.25) is 5.79 Å². The molecule has 12 nitrogen and oxygen atoms in total. The maximum Gasteiger partial charge on any atom is 0.303 e. The maximum atomic E-state index is 11.4. The van der Waals surface area contributed by atoms with Crippen LogP contribution in [0, 0.1) is 0 Å². The summed E-state index contributed by atoms with van der Waals surface area (Å²) in [6.45, 7) is 2.66. The van der Waals surface area contributed by atoms with Crippen LogP contribution in [-0.4, -0.2) is 67.1 Å². The number of azide groups is 1. The van der Waals surface area contributed by atoms with Gasteiger partial charge in [0, 0.05) is 32.8 Å². The van der Waals surface area contributed by atoms with E-state index >= 15 is 0 Å². The second-order valence-corrected chi connectivity index (χ2v) is 5.10. The molecule has 1 heterocycles. The average molecular weight is 361 g/mol. The highest BCUT2D eigenvalue weighted by molar-refractivity contribution is 5.67. The molecule has 1 aliphatic rings. The van der Waals surface area contributed by atoms with E-state index in [1.807, 2.05) is 0 Å². The Kier molecular flexibility index (Phi) is 7.12. The Morgan fingerprint density at radius 1 is 1.16 bits per heavy atom. The number of nitrogens with zero attached hydrogens (tertiary/aromatic N) is 3. The molecule has 0 saturated carbocycles. The summed E-state index contributed by atoms with van der Waals surface area (Å²) in [5.41, 5.74) is 8.71. The molecular formula is C13H19N3O9. The summed E-state index contributed by atoms with van der Waals surface area (Å²) in [7, 11) is 1.14. The predicted octanol–water partition coefficient (Wildman–Crippen LogP) is -0.217. The van der Waals surface area contributed by atoms with Crippen LogP contribution in [0.15, 0.2) is 5.11 Å². The molecule has 1 rings (SSSR count). The third-order valence-electron chi connectivity index (χ3n) is 3.28. The van der Waals surface area contributed by atoms with E-state index in [0.717, 1.165) is 27.9 Å². The van der Waals surface area contributed by atoms with E-state index in [4.69, 9.17) is 29.2 Å². The molecule has 1 aliphatic heterocycles. The van der Waals surface area contributed by atoms with Crippen LogP contribution in [0.3, 0.4) is 0 Å². The fourth-order valence-corrected chi connectivity index (χ4v) is 2.26. The summed E-state index contributed by atoms with van der Waals surface area (Å²) in [4.78, 5) is 36.3. The highest BCUT2D eigenvalue weighted by atomic mass is 16.7. The van der Waals surface area contributed by atoms with E-state index < -0.39 is 54.8 Å². The van der Waals surface area contributed by atoms with Gasteiger partial charge in [-0.15, -0.1) is 0 Å². The molecule has 1 saturated heterocycles. The smallest absolute Gasteiger partial charge is 0.303 e. The first kappa shape index (κ1) is 20.6. The van der Waals surface area contributed by atoms with Crippen LogP contribution in [0.5, 0.6) is 0 Å². The monoisotopic (exact) mass is 361 g/mol. The quantitative estimate of drug-likeness (QED) is 0.221. The second-order valence-electron chi connectivity index (χ2n) is 5.10. The van der Waals surface area contributed by atoms with Gasteiger partial charge in [-0.25, -0.2) is 0 Å². The van der Waals surface area contributed by atoms with Gasteiger partial charge in [-0.3, -0.25) is 14.4 Å². The maximum absolute atomic E-state index is 11.4. The molecule has 0 aliphatic carbocycles. The van der Waals surface area contributed by atoms with Gasteiger partial charge in [-0.05, 0) is 5.53 Å². The highest BCUT2D eigenvalue weighted by Crippen LogP contribution is 2.35. The Balaban J connectivity index is 3.31. The first-order valence-electron chi connectivity index (χ1n) is 7.10. The van der Waals surface area contributed by atoms with Gasteiger partial charge in [-0.2, -0.15) is 0 Å². The zero-order valence-corrected chi connectivity index (χ0v) is 14.1. The summed E-state index contributed by atoms with van der Waals surface area (Å²) in [6, 6.07) is 0. The second kappa shape index (κ2) is 8.62. The largest absolute Gasteiger partial charge is 0.460 e. The number of ether oxygens (including phenoxy) is 5. The number of aliphatic hydroxyl groups is 1. The van der Waals surface area contributed by atoms with Crippen molar-refractivity contribution in [1.82, 2.24) is 0 Å². The topological polar surface area (TPSA) is 166 Å². The van der Waals surface area contributed by atoms with E-state index in [2.05, 4.69) is 10.0 Å². The minimum atomic E-state index is -2.01. The number of hydrogen-bond acceptors (Lipinski definition) is 10. The van der Waals surface area contributed by atoms with Crippen LogP contribution < -0.4 is 0 Å². The molecule has 0 unspecified atom stereocenters. The van der Waals surface area contributed by atoms with E-state index in [0.29, 0.717) is 0 Å². The zero-order valence-electron chi connectivity index (χ0n) is 14.1. The lowest BCUT2D eigenvalue weighted by molar-refractivity contribution is -0.363. The van der Waals surface area contributed by atoms with E-state index in [-0.39, 0.29) is 0 Å². The molecule has 0 aromatic rings. The van der Waals surface area contributed by atoms with Crippen molar-refractivity contribution in [3.63, 3.8) is 0 Å². The summed E-state index contributed by atoms with van der Waals surface area (Å²) >= 11 is 0. The molecule has 0 aromatic carbocycles. The number of esters is 3. The van der Waals surface area contributed by atoms with Gasteiger partial charge in [0.1, 0.15) is 6.61 Å². The van der Waals surface area contributed by atoms with Crippen molar-refractivity contribution < 1.29 is 43.2 Å². The zero-order chi connectivity index (χ0) is 19.2. The Labute approximate surface area is 142 Å². The van der Waals surface area contributed by atoms with E-state index in [9.17, 15) is 19.5 Å². The molecular weight excluding hydrogens is 342 g/mol. The summed E-state index contributed by atoms with van der Waals surface area (Å²) in [6.07, 6.45) is -6.18. The van der Waals surface area contributed by atoms with Crippen molar-refractivity contribution in [3.05, 3.63) is 10.4 Å². The summed E-state index contributed by atoms with van der Waals surface area (Å²) < 4.78 is 25.3. The van der Waals surface area contributed by atoms with Gasteiger partial charge < -0.3 is 28.8 Å². The molecule has 0 bridgehead atoms. The van der Waals surface area contributed by atoms with Crippen LogP contribution in [-0.2, 0) is 38.1 Å². The molecule has 25 heavy (non-hydrogen) atoms. The number of methoxy groups -OCH3 is 1. The van der Waals surface area contributed by atoms with Gasteiger partial charge >= 0.3 is 17.9 Å². The first-order valence-corrected chi connectivity index (χ1v) is 7.10. The lowest BCUT2D eigenvalue weighted by Gasteiger charge is -2.47. The summed E-state index contributed by atoms with van der Waals surface area (Å²) in [5, 5.41) is 13.9. The molecule has 12 heteroatoms. The van der Waals surface area contributed by atoms with Crippen LogP contribution in [0.4, 0.5) is 0 Å². The molecule has 5 atom stereocenters. The van der Waals surface area contributed by atoms with E-state index in [1.165, 1.54) is 0 Å². The minimum absolute atomic E-state index is 0.595. The third-order valence-corrected chi connectivity index (χ3v) is 3.28. The molecule has 0 radical (unpaired) electrons. The third kappa shape index (κ3) is 5.03. The molecule has 1 N–H and O–H groups in total. The Morgan fingerprint density at radius 3 is 2.16 bits per heavy atom. The van der Waals surface area contributed by atoms with E-state index in [1.54, 1.807) is 0 Å². The van der Waals surface area contributed by atoms with Gasteiger partial charge in [-0.1, -0.05) is 5.11 Å². The molecule has 0 spiro atoms. The predicted molar refractivity (Wildman–Crippen MR) is 77.5 cm³/mol. The standard InChI is InChI=1S/C13H19N3O9/c1-6(17)22-5-13(21-4)11(20)9(23-7(2)18)10(24-8(3)19)12(25-13)15-16-14/h9-12,20H,5H2,1-4H3/t9-,10+,11+,12+,13+/m1/s1. The van der Waals surface area contributed by atoms with Crippen molar-refractivity contribution in [2.75, 3.05) is 13.7 Å². The van der Waals surface area contributed by atoms with Gasteiger partial charge in [0.25, 0.3) is 0 Å². The molecule has 0 aromatic heterocycles. The highest BCUT2D eigenvalue weighted by Gasteiger charge is 2.58. The van der Waals surface area contributed by atoms with Crippen molar-refractivity contribution in [1.29, 1.82) is 0 Å². The van der Waals surface area contributed by atoms with Crippen LogP contribution in [0.25, 0.3) is 10.4 Å². The number of hydrogen-bond donors (Lipinski definition) is 1. The van der Waals surface area contributed by atoms with Crippen molar-refractivity contribution >= 4 is 17.9 Å². The Hall–Kier alpha value is -2.40. The average Bonchev–Trinajstić information content (AvgIpc) is 2.51. The van der Waals surface area contributed by atoms with Crippen LogP contribution in [0.2, 0.25) is 0 Å². The van der Waals surface area contributed by atoms with Crippen molar-refractivity contribution in [2.24, 2.45) is 5.11 Å². The Morgan fingerprint density at radius 2 is 1.72 bits per heavy atom. The lowest BCUT2D eigenvalue weighted by Crippen LogP contribution is -2.68. The molecule has 1 fully saturated rings. The van der Waals surface area contributed by atoms with Crippen molar-refractivity contribution in [3.8, 4) is 0 Å². The van der Waals surface area contributed by atoms with Crippen LogP contribution >= 0.6 is 0 Å². The SMILES string of the molecule is CO[C@@]1(COC(C)=O)O[C@H](N=[N+]=[N-])[C@@H](OC(C)=O)[C@@H](OC(C)=O)[C@@H]1O. The van der Waals surface area contributed by atoms with Crippen LogP contribution in [0.1, 0.15) is 20.8 Å². The van der Waals surface area contributed by atoms with Gasteiger partial charge in [0.15, 0.2) is 24.5 Å². The minimum Gasteiger partial charge on any atom is -0.460 e. The van der Waals surface area contributed by atoms with Crippen molar-refractivity contribution in [2.45, 2.75) is 51.1 Å². The fraction of sp³-hybridized carbons (Fsp3) is 0.769. The van der Waals surface area contributed by atoms with Gasteiger partial charge in [0.05, 0.1) is 0 Å². The number of carbonyl (C=O) groups is 3. The first-order chi connectivity index (χ1) is 11.7. The Bertz CT molecular complexity index is 577. The number of aliphatic hydroxyl groups excluding tert-OH is 1. The normalized spacial score (nSPS) is 31.4. The summed E-state index contributed by atoms with van der Waals surface area (Å²) in [5.74, 6) is -4.30. The fourth-order valence-electron chi connectivity index (χ4n) is 2.26. The number of rotatable bonds is 6.